The SMILES string of the molecule is O=C1OC2C(O)C(CO)OC(OC(=O)c3cc(O)c(O)c(O)c3)C2OC(=O)c2cc(O)c(O)c3c2C2C1=CC(=O)C(O)(O3)C2(O)O. The van der Waals surface area contributed by atoms with Gasteiger partial charge in [-0.1, -0.05) is 0 Å². The zero-order chi connectivity index (χ0) is 33.6. The molecule has 1 fully saturated rings. The number of esters is 3. The number of fused-ring (bicyclic) bond motifs is 2. The van der Waals surface area contributed by atoms with Crippen LogP contribution in [0, 0.1) is 0 Å². The van der Waals surface area contributed by atoms with Crippen molar-refractivity contribution in [2.45, 2.75) is 48.2 Å². The maximum Gasteiger partial charge on any atom is 0.340 e. The normalized spacial score (nSPS) is 31.0. The summed E-state index contributed by atoms with van der Waals surface area (Å²) in [6, 6.07) is 1.89. The minimum atomic E-state index is -3.72. The van der Waals surface area contributed by atoms with Crippen molar-refractivity contribution in [3.05, 3.63) is 46.5 Å². The second-order valence-electron chi connectivity index (χ2n) is 10.6. The van der Waals surface area contributed by atoms with Crippen molar-refractivity contribution in [2.24, 2.45) is 0 Å². The van der Waals surface area contributed by atoms with Gasteiger partial charge in [-0.15, -0.1) is 0 Å². The number of aromatic hydroxyl groups is 5. The fourth-order valence-corrected chi connectivity index (χ4v) is 5.60. The third-order valence-electron chi connectivity index (χ3n) is 7.91. The Morgan fingerprint density at radius 1 is 0.870 bits per heavy atom. The van der Waals surface area contributed by atoms with Crippen molar-refractivity contribution in [2.75, 3.05) is 6.61 Å². The van der Waals surface area contributed by atoms with E-state index in [9.17, 15) is 70.2 Å². The highest BCUT2D eigenvalue weighted by Crippen LogP contribution is 2.58. The summed E-state index contributed by atoms with van der Waals surface area (Å²) in [4.78, 5) is 53.1. The molecule has 1 saturated heterocycles. The van der Waals surface area contributed by atoms with Crippen LogP contribution in [-0.4, -0.2) is 124 Å². The van der Waals surface area contributed by atoms with E-state index in [1.165, 1.54) is 0 Å². The molecule has 19 heteroatoms. The Morgan fingerprint density at radius 3 is 2.11 bits per heavy atom. The molecule has 6 rings (SSSR count). The molecule has 3 heterocycles. The predicted octanol–water partition coefficient (Wildman–Crippen LogP) is -3.04. The number of hydrogen-bond acceptors (Lipinski definition) is 19. The quantitative estimate of drug-likeness (QED) is 0.0683. The van der Waals surface area contributed by atoms with Gasteiger partial charge in [-0.3, -0.25) is 4.79 Å². The standard InChI is InChI=1S/C27H22O19/c28-5-12-18(35)20-21(25(42-12)45-22(36)6-1-9(29)16(33)10(30)2-6)44-23(37)7-3-11(31)17(34)19-14(7)15-8(24(38)43-20)4-13(32)27(41,46-19)26(15,39)40/h1-4,12,15,18,20-21,25,28-31,33-35,39-41H,5H2. The van der Waals surface area contributed by atoms with Gasteiger partial charge in [0.2, 0.25) is 23.9 Å². The zero-order valence-electron chi connectivity index (χ0n) is 22.6. The lowest BCUT2D eigenvalue weighted by molar-refractivity contribution is -0.340. The van der Waals surface area contributed by atoms with Crippen LogP contribution in [0.5, 0.6) is 34.5 Å². The van der Waals surface area contributed by atoms with Crippen molar-refractivity contribution in [3.8, 4) is 34.5 Å². The smallest absolute Gasteiger partial charge is 0.340 e. The molecule has 0 amide bonds. The molecule has 244 valence electrons. The van der Waals surface area contributed by atoms with Crippen LogP contribution < -0.4 is 4.74 Å². The molecule has 0 aromatic heterocycles. The van der Waals surface area contributed by atoms with Crippen molar-refractivity contribution in [3.63, 3.8) is 0 Å². The van der Waals surface area contributed by atoms with E-state index in [0.29, 0.717) is 24.3 Å². The Bertz CT molecular complexity index is 1720. The Hall–Kier alpha value is -5.18. The first-order chi connectivity index (χ1) is 21.5. The molecule has 0 saturated carbocycles. The van der Waals surface area contributed by atoms with Crippen LogP contribution in [-0.2, 0) is 28.5 Å². The molecule has 2 bridgehead atoms. The van der Waals surface area contributed by atoms with Gasteiger partial charge in [0.15, 0.2) is 34.9 Å². The first-order valence-electron chi connectivity index (χ1n) is 13.0. The van der Waals surface area contributed by atoms with E-state index >= 15 is 0 Å². The first kappa shape index (κ1) is 30.8. The van der Waals surface area contributed by atoms with Crippen molar-refractivity contribution < 1.29 is 93.9 Å². The molecule has 2 aromatic carbocycles. The summed E-state index contributed by atoms with van der Waals surface area (Å²) < 4.78 is 26.3. The van der Waals surface area contributed by atoms with Crippen LogP contribution in [0.4, 0.5) is 0 Å². The largest absolute Gasteiger partial charge is 0.504 e. The molecule has 7 atom stereocenters. The molecule has 19 nitrogen and oxygen atoms in total. The Kier molecular flexibility index (Phi) is 6.82. The van der Waals surface area contributed by atoms with Gasteiger partial charge < -0.3 is 74.7 Å². The number of ether oxygens (including phenoxy) is 5. The average molecular weight is 650 g/mol. The van der Waals surface area contributed by atoms with E-state index in [1.807, 2.05) is 0 Å². The molecule has 10 N–H and O–H groups in total. The number of carbonyl (C=O) groups excluding carboxylic acids is 4. The molecule has 3 aliphatic heterocycles. The number of ketones is 1. The zero-order valence-corrected chi connectivity index (χ0v) is 22.6. The van der Waals surface area contributed by atoms with Crippen molar-refractivity contribution in [1.82, 2.24) is 0 Å². The van der Waals surface area contributed by atoms with Crippen LogP contribution >= 0.6 is 0 Å². The van der Waals surface area contributed by atoms with Crippen molar-refractivity contribution >= 4 is 23.7 Å². The lowest BCUT2D eigenvalue weighted by atomic mass is 9.70. The van der Waals surface area contributed by atoms with Crippen LogP contribution in [0.1, 0.15) is 32.2 Å². The number of aliphatic hydroxyl groups excluding tert-OH is 2. The minimum absolute atomic E-state index is 0.396. The topological polar surface area (TPSA) is 317 Å². The summed E-state index contributed by atoms with van der Waals surface area (Å²) in [5, 5.41) is 104. The highest BCUT2D eigenvalue weighted by atomic mass is 16.7. The Morgan fingerprint density at radius 2 is 1.48 bits per heavy atom. The van der Waals surface area contributed by atoms with Gasteiger partial charge in [-0.25, -0.2) is 14.4 Å². The number of carbonyl (C=O) groups is 4. The lowest BCUT2D eigenvalue weighted by Gasteiger charge is -2.50. The maximum atomic E-state index is 13.7. The number of phenols is 5. The number of benzene rings is 2. The summed E-state index contributed by atoms with van der Waals surface area (Å²) in [6.07, 6.45) is -9.81. The monoisotopic (exact) mass is 650 g/mol. The van der Waals surface area contributed by atoms with Crippen LogP contribution in [0.25, 0.3) is 0 Å². The van der Waals surface area contributed by atoms with Crippen LogP contribution in [0.2, 0.25) is 0 Å². The fourth-order valence-electron chi connectivity index (χ4n) is 5.60. The molecule has 0 spiro atoms. The maximum absolute atomic E-state index is 13.7. The fraction of sp³-hybridized carbons (Fsp3) is 0.333. The first-order valence-corrected chi connectivity index (χ1v) is 13.0. The Labute approximate surface area is 253 Å². The number of hydrogen-bond donors (Lipinski definition) is 10. The van der Waals surface area contributed by atoms with Gasteiger partial charge >= 0.3 is 23.7 Å². The van der Waals surface area contributed by atoms with E-state index in [4.69, 9.17) is 23.7 Å². The lowest BCUT2D eigenvalue weighted by Crippen LogP contribution is -2.70. The molecule has 2 aromatic rings. The summed E-state index contributed by atoms with van der Waals surface area (Å²) in [7, 11) is 0. The van der Waals surface area contributed by atoms with E-state index in [-0.39, 0.29) is 0 Å². The highest BCUT2D eigenvalue weighted by Gasteiger charge is 2.70. The summed E-state index contributed by atoms with van der Waals surface area (Å²) in [5.74, 6) is -22.0. The average Bonchev–Trinajstić information content (AvgIpc) is 2.98. The van der Waals surface area contributed by atoms with Gasteiger partial charge in [-0.2, -0.15) is 0 Å². The van der Waals surface area contributed by atoms with E-state index in [2.05, 4.69) is 0 Å². The molecular weight excluding hydrogens is 628 g/mol. The summed E-state index contributed by atoms with van der Waals surface area (Å²) in [5.41, 5.74) is -3.18. The van der Waals surface area contributed by atoms with Gasteiger partial charge in [-0.05, 0) is 24.3 Å². The molecule has 1 aliphatic carbocycles. The van der Waals surface area contributed by atoms with Gasteiger partial charge in [0.05, 0.1) is 29.2 Å². The van der Waals surface area contributed by atoms with Crippen LogP contribution in [0.15, 0.2) is 29.8 Å². The van der Waals surface area contributed by atoms with Crippen molar-refractivity contribution in [1.29, 1.82) is 0 Å². The summed E-state index contributed by atoms with van der Waals surface area (Å²) >= 11 is 0. The number of aliphatic hydroxyl groups is 5. The van der Waals surface area contributed by atoms with Gasteiger partial charge in [0, 0.05) is 5.56 Å². The van der Waals surface area contributed by atoms with E-state index in [0.717, 1.165) is 0 Å². The van der Waals surface area contributed by atoms with E-state index < -0.39 is 135 Å². The molecular formula is C27H22O19. The van der Waals surface area contributed by atoms with Crippen LogP contribution in [0.3, 0.4) is 0 Å². The van der Waals surface area contributed by atoms with Gasteiger partial charge in [0.25, 0.3) is 5.79 Å². The second-order valence-corrected chi connectivity index (χ2v) is 10.6. The molecule has 7 unspecified atom stereocenters. The third kappa shape index (κ3) is 4.21. The number of phenolic OH excluding ortho intramolecular Hbond substituents is 5. The summed E-state index contributed by atoms with van der Waals surface area (Å²) in [6.45, 7) is -1.02. The minimum Gasteiger partial charge on any atom is -0.504 e. The molecule has 46 heavy (non-hydrogen) atoms. The molecule has 4 aliphatic rings. The van der Waals surface area contributed by atoms with E-state index in [1.54, 1.807) is 0 Å². The third-order valence-corrected chi connectivity index (χ3v) is 7.91. The molecule has 0 radical (unpaired) electrons. The second kappa shape index (κ2) is 10.2. The highest BCUT2D eigenvalue weighted by molar-refractivity contribution is 6.08. The Balaban J connectivity index is 1.50. The predicted molar refractivity (Wildman–Crippen MR) is 136 cm³/mol. The number of rotatable bonds is 3. The van der Waals surface area contributed by atoms with Gasteiger partial charge in [0.1, 0.15) is 12.2 Å².